The Hall–Kier alpha value is -2.62. The van der Waals surface area contributed by atoms with Gasteiger partial charge in [-0.15, -0.1) is 0 Å². The largest absolute Gasteiger partial charge is 0.491 e. The number of carbonyl (C=O) groups is 1. The van der Waals surface area contributed by atoms with Crippen molar-refractivity contribution in [3.63, 3.8) is 0 Å². The fraction of sp³-hybridized carbons (Fsp3) is 0.435. The van der Waals surface area contributed by atoms with Crippen LogP contribution in [-0.2, 0) is 26.1 Å². The van der Waals surface area contributed by atoms with Gasteiger partial charge in [0.05, 0.1) is 6.61 Å². The molecule has 1 fully saturated rings. The maximum atomic E-state index is 12.7. The zero-order valence-electron chi connectivity index (χ0n) is 18.6. The molecule has 1 N–H and O–H groups in total. The lowest BCUT2D eigenvalue weighted by atomic mass is 10.2. The van der Waals surface area contributed by atoms with Crippen molar-refractivity contribution in [1.29, 1.82) is 0 Å². The summed E-state index contributed by atoms with van der Waals surface area (Å²) in [6, 6.07) is 15.4. The number of piperazine rings is 1. The molecule has 1 heterocycles. The van der Waals surface area contributed by atoms with Crippen LogP contribution >= 0.6 is 0 Å². The van der Waals surface area contributed by atoms with Gasteiger partial charge in [-0.25, -0.2) is 8.42 Å². The van der Waals surface area contributed by atoms with Gasteiger partial charge in [-0.1, -0.05) is 24.3 Å². The van der Waals surface area contributed by atoms with Gasteiger partial charge in [0, 0.05) is 45.5 Å². The minimum absolute atomic E-state index is 0.258. The molecule has 32 heavy (non-hydrogen) atoms. The van der Waals surface area contributed by atoms with Crippen molar-refractivity contribution in [2.75, 3.05) is 57.2 Å². The van der Waals surface area contributed by atoms with Crippen LogP contribution in [0.1, 0.15) is 11.1 Å². The number of ether oxygens (including phenoxy) is 2. The van der Waals surface area contributed by atoms with Crippen LogP contribution in [0, 0.1) is 6.92 Å². The predicted molar refractivity (Wildman–Crippen MR) is 124 cm³/mol. The minimum Gasteiger partial charge on any atom is -0.491 e. The Balaban J connectivity index is 1.44. The topological polar surface area (TPSA) is 88.2 Å². The van der Waals surface area contributed by atoms with Gasteiger partial charge < -0.3 is 19.7 Å². The molecule has 0 radical (unpaired) electrons. The van der Waals surface area contributed by atoms with Gasteiger partial charge in [-0.2, -0.15) is 4.31 Å². The van der Waals surface area contributed by atoms with Crippen molar-refractivity contribution >= 4 is 21.6 Å². The number of benzene rings is 2. The summed E-state index contributed by atoms with van der Waals surface area (Å²) in [5, 5.41) is 2.69. The maximum Gasteiger partial charge on any atom is 0.236 e. The third-order valence-electron chi connectivity index (χ3n) is 5.28. The van der Waals surface area contributed by atoms with E-state index in [0.717, 1.165) is 11.3 Å². The quantitative estimate of drug-likeness (QED) is 0.543. The second kappa shape index (κ2) is 11.3. The molecule has 2 aromatic rings. The molecular formula is C23H31N3O5S. The molecule has 0 aliphatic carbocycles. The molecule has 0 aromatic heterocycles. The lowest BCUT2D eigenvalue weighted by Crippen LogP contribution is -2.50. The van der Waals surface area contributed by atoms with E-state index in [1.165, 1.54) is 9.87 Å². The summed E-state index contributed by atoms with van der Waals surface area (Å²) in [6.07, 6.45) is 0. The highest BCUT2D eigenvalue weighted by Crippen LogP contribution is 2.19. The monoisotopic (exact) mass is 461 g/mol. The average molecular weight is 462 g/mol. The number of hydrogen-bond acceptors (Lipinski definition) is 6. The van der Waals surface area contributed by atoms with Crippen molar-refractivity contribution in [1.82, 2.24) is 9.62 Å². The van der Waals surface area contributed by atoms with Crippen molar-refractivity contribution in [3.05, 3.63) is 59.7 Å². The van der Waals surface area contributed by atoms with Crippen LogP contribution in [0.2, 0.25) is 0 Å². The van der Waals surface area contributed by atoms with E-state index in [1.807, 2.05) is 49.4 Å². The Morgan fingerprint density at radius 2 is 1.75 bits per heavy atom. The normalized spacial score (nSPS) is 14.9. The Bertz CT molecular complexity index is 987. The van der Waals surface area contributed by atoms with E-state index in [1.54, 1.807) is 7.11 Å². The Morgan fingerprint density at radius 3 is 2.41 bits per heavy atom. The summed E-state index contributed by atoms with van der Waals surface area (Å²) in [6.45, 7) is 5.20. The minimum atomic E-state index is -3.66. The third-order valence-corrected chi connectivity index (χ3v) is 7.06. The number of nitrogens with zero attached hydrogens (tertiary/aromatic N) is 2. The molecule has 1 saturated heterocycles. The SMILES string of the molecule is COCCOc1ccc(CNC(=O)CS(=O)(=O)N2CCN(c3cccc(C)c3)CC2)cc1. The zero-order chi connectivity index (χ0) is 23.0. The molecule has 1 aliphatic rings. The number of carbonyl (C=O) groups excluding carboxylic acids is 1. The molecule has 0 unspecified atom stereocenters. The molecule has 0 bridgehead atoms. The van der Waals surface area contributed by atoms with Gasteiger partial charge in [0.1, 0.15) is 18.1 Å². The molecule has 1 aliphatic heterocycles. The van der Waals surface area contributed by atoms with Crippen LogP contribution in [0.4, 0.5) is 5.69 Å². The van der Waals surface area contributed by atoms with Crippen LogP contribution in [0.3, 0.4) is 0 Å². The highest BCUT2D eigenvalue weighted by molar-refractivity contribution is 7.89. The second-order valence-corrected chi connectivity index (χ2v) is 9.71. The van der Waals surface area contributed by atoms with Crippen molar-refractivity contribution < 1.29 is 22.7 Å². The Morgan fingerprint density at radius 1 is 1.03 bits per heavy atom. The van der Waals surface area contributed by atoms with Gasteiger partial charge >= 0.3 is 0 Å². The van der Waals surface area contributed by atoms with E-state index in [-0.39, 0.29) is 6.54 Å². The molecule has 0 atom stereocenters. The van der Waals surface area contributed by atoms with Crippen LogP contribution in [0.15, 0.2) is 48.5 Å². The van der Waals surface area contributed by atoms with E-state index in [4.69, 9.17) is 9.47 Å². The molecule has 9 heteroatoms. The number of sulfonamides is 1. The number of aryl methyl sites for hydroxylation is 1. The molecule has 3 rings (SSSR count). The molecule has 0 spiro atoms. The Labute approximate surface area is 190 Å². The standard InChI is InChI=1S/C23H31N3O5S/c1-19-4-3-5-21(16-19)25-10-12-26(13-11-25)32(28,29)18-23(27)24-17-20-6-8-22(9-7-20)31-15-14-30-2/h3-9,16H,10-15,17-18H2,1-2H3,(H,24,27). The van der Waals surface area contributed by atoms with Gasteiger partial charge in [-0.3, -0.25) is 4.79 Å². The number of hydrogen-bond donors (Lipinski definition) is 1. The highest BCUT2D eigenvalue weighted by atomic mass is 32.2. The molecule has 1 amide bonds. The van der Waals surface area contributed by atoms with Gasteiger partial charge in [0.2, 0.25) is 15.9 Å². The fourth-order valence-electron chi connectivity index (χ4n) is 3.50. The van der Waals surface area contributed by atoms with Crippen molar-refractivity contribution in [2.24, 2.45) is 0 Å². The third kappa shape index (κ3) is 6.94. The predicted octanol–water partition coefficient (Wildman–Crippen LogP) is 1.79. The van der Waals surface area contributed by atoms with Crippen molar-refractivity contribution in [3.8, 4) is 5.75 Å². The van der Waals surface area contributed by atoms with E-state index in [0.29, 0.717) is 45.1 Å². The summed E-state index contributed by atoms with van der Waals surface area (Å²) >= 11 is 0. The van der Waals surface area contributed by atoms with Crippen LogP contribution in [-0.4, -0.2) is 70.9 Å². The number of nitrogens with one attached hydrogen (secondary N) is 1. The van der Waals surface area contributed by atoms with E-state index >= 15 is 0 Å². The molecule has 0 saturated carbocycles. The van der Waals surface area contributed by atoms with Gasteiger partial charge in [-0.05, 0) is 42.3 Å². The number of amides is 1. The van der Waals surface area contributed by atoms with E-state index < -0.39 is 21.7 Å². The maximum absolute atomic E-state index is 12.7. The smallest absolute Gasteiger partial charge is 0.236 e. The zero-order valence-corrected chi connectivity index (χ0v) is 19.4. The van der Waals surface area contributed by atoms with Crippen molar-refractivity contribution in [2.45, 2.75) is 13.5 Å². The molecule has 2 aromatic carbocycles. The first kappa shape index (κ1) is 24.0. The first-order valence-electron chi connectivity index (χ1n) is 10.6. The molecule has 8 nitrogen and oxygen atoms in total. The first-order valence-corrected chi connectivity index (χ1v) is 12.2. The van der Waals surface area contributed by atoms with E-state index in [9.17, 15) is 13.2 Å². The summed E-state index contributed by atoms with van der Waals surface area (Å²) in [4.78, 5) is 14.4. The summed E-state index contributed by atoms with van der Waals surface area (Å²) in [7, 11) is -2.05. The van der Waals surface area contributed by atoms with E-state index in [2.05, 4.69) is 16.3 Å². The molecule has 174 valence electrons. The second-order valence-electron chi connectivity index (χ2n) is 7.74. The van der Waals surface area contributed by atoms with Crippen LogP contribution in [0.25, 0.3) is 0 Å². The number of methoxy groups -OCH3 is 1. The average Bonchev–Trinajstić information content (AvgIpc) is 2.78. The first-order chi connectivity index (χ1) is 15.4. The molecular weight excluding hydrogens is 430 g/mol. The van der Waals surface area contributed by atoms with Gasteiger partial charge in [0.15, 0.2) is 0 Å². The lowest BCUT2D eigenvalue weighted by Gasteiger charge is -2.35. The summed E-state index contributed by atoms with van der Waals surface area (Å²) < 4.78 is 37.2. The van der Waals surface area contributed by atoms with Gasteiger partial charge in [0.25, 0.3) is 0 Å². The van der Waals surface area contributed by atoms with Crippen LogP contribution in [0.5, 0.6) is 5.75 Å². The summed E-state index contributed by atoms with van der Waals surface area (Å²) in [5.74, 6) is -0.341. The van der Waals surface area contributed by atoms with Crippen LogP contribution < -0.4 is 15.0 Å². The Kier molecular flexibility index (Phi) is 8.49. The fourth-order valence-corrected chi connectivity index (χ4v) is 4.84. The lowest BCUT2D eigenvalue weighted by molar-refractivity contribution is -0.118. The summed E-state index contributed by atoms with van der Waals surface area (Å²) in [5.41, 5.74) is 3.12. The number of rotatable bonds is 10. The highest BCUT2D eigenvalue weighted by Gasteiger charge is 2.29. The number of anilines is 1.